The molecule has 1 aliphatic heterocycles. The van der Waals surface area contributed by atoms with Gasteiger partial charge in [0.1, 0.15) is 12.4 Å². The van der Waals surface area contributed by atoms with E-state index in [4.69, 9.17) is 4.74 Å². The molecule has 2 aromatic carbocycles. The first-order chi connectivity index (χ1) is 14.6. The zero-order valence-electron chi connectivity index (χ0n) is 17.4. The molecule has 2 heterocycles. The summed E-state index contributed by atoms with van der Waals surface area (Å²) in [6.07, 6.45) is 0.961. The van der Waals surface area contributed by atoms with Gasteiger partial charge in [-0.2, -0.15) is 0 Å². The number of rotatable bonds is 7. The van der Waals surface area contributed by atoms with Gasteiger partial charge in [-0.05, 0) is 44.0 Å². The van der Waals surface area contributed by atoms with Crippen molar-refractivity contribution in [2.45, 2.75) is 39.0 Å². The van der Waals surface area contributed by atoms with E-state index >= 15 is 0 Å². The second-order valence-electron chi connectivity index (χ2n) is 7.72. The highest BCUT2D eigenvalue weighted by Gasteiger charge is 2.28. The smallest absolute Gasteiger partial charge is 0.251 e. The van der Waals surface area contributed by atoms with Crippen molar-refractivity contribution in [2.24, 2.45) is 0 Å². The van der Waals surface area contributed by atoms with E-state index in [1.54, 1.807) is 17.4 Å². The van der Waals surface area contributed by atoms with Crippen LogP contribution in [0.2, 0.25) is 0 Å². The first kappa shape index (κ1) is 20.6. The molecule has 4 rings (SSSR count). The summed E-state index contributed by atoms with van der Waals surface area (Å²) >= 11 is 1.61. The highest BCUT2D eigenvalue weighted by molar-refractivity contribution is 7.09. The number of ether oxygens (including phenoxy) is 1. The van der Waals surface area contributed by atoms with E-state index in [1.807, 2.05) is 36.6 Å². The molecule has 1 aliphatic rings. The number of hydrogen-bond donors (Lipinski definition) is 1. The second-order valence-corrected chi connectivity index (χ2v) is 8.78. The maximum atomic E-state index is 12.8. The number of carbonyl (C=O) groups is 1. The van der Waals surface area contributed by atoms with Crippen molar-refractivity contribution in [3.05, 3.63) is 81.8 Å². The molecular weight excluding hydrogens is 394 g/mol. The zero-order chi connectivity index (χ0) is 20.9. The van der Waals surface area contributed by atoms with E-state index in [0.717, 1.165) is 30.2 Å². The molecule has 0 radical (unpaired) electrons. The minimum absolute atomic E-state index is 0.0517. The van der Waals surface area contributed by atoms with Gasteiger partial charge in [0.25, 0.3) is 5.91 Å². The number of nitrogens with one attached hydrogen (secondary N) is 1. The summed E-state index contributed by atoms with van der Waals surface area (Å²) in [5.74, 6) is 0.628. The van der Waals surface area contributed by atoms with Crippen molar-refractivity contribution in [2.75, 3.05) is 13.1 Å². The third-order valence-corrected chi connectivity index (χ3v) is 6.36. The van der Waals surface area contributed by atoms with E-state index < -0.39 is 0 Å². The molecule has 3 aromatic rings. The van der Waals surface area contributed by atoms with Crippen LogP contribution in [0, 0.1) is 6.92 Å². The van der Waals surface area contributed by atoms with Crippen molar-refractivity contribution >= 4 is 17.2 Å². The summed E-state index contributed by atoms with van der Waals surface area (Å²) in [7, 11) is 0. The average molecular weight is 422 g/mol. The largest absolute Gasteiger partial charge is 0.487 e. The SMILES string of the molecule is Cc1nc(COc2cccc(C(=O)NC3CCN(C(C)c4ccccc4)C3)c2)cs1. The monoisotopic (exact) mass is 421 g/mol. The highest BCUT2D eigenvalue weighted by Crippen LogP contribution is 2.25. The predicted octanol–water partition coefficient (Wildman–Crippen LogP) is 4.60. The van der Waals surface area contributed by atoms with Crippen molar-refractivity contribution < 1.29 is 9.53 Å². The average Bonchev–Trinajstić information content (AvgIpc) is 3.41. The van der Waals surface area contributed by atoms with E-state index in [0.29, 0.717) is 24.0 Å². The Hall–Kier alpha value is -2.70. The highest BCUT2D eigenvalue weighted by atomic mass is 32.1. The van der Waals surface area contributed by atoms with Crippen LogP contribution in [0.25, 0.3) is 0 Å². The van der Waals surface area contributed by atoms with Crippen molar-refractivity contribution in [1.82, 2.24) is 15.2 Å². The Labute approximate surface area is 181 Å². The van der Waals surface area contributed by atoms with Crippen LogP contribution in [0.3, 0.4) is 0 Å². The van der Waals surface area contributed by atoms with Crippen LogP contribution in [-0.4, -0.2) is 34.9 Å². The first-order valence-electron chi connectivity index (χ1n) is 10.3. The molecule has 1 saturated heterocycles. The lowest BCUT2D eigenvalue weighted by Crippen LogP contribution is -2.37. The van der Waals surface area contributed by atoms with Crippen LogP contribution in [0.5, 0.6) is 5.75 Å². The summed E-state index contributed by atoms with van der Waals surface area (Å²) in [4.78, 5) is 19.6. The van der Waals surface area contributed by atoms with Crippen molar-refractivity contribution in [3.63, 3.8) is 0 Å². The summed E-state index contributed by atoms with van der Waals surface area (Å²) in [5, 5.41) is 6.21. The fourth-order valence-electron chi connectivity index (χ4n) is 3.83. The standard InChI is InChI=1S/C24H27N3O2S/c1-17(19-7-4-3-5-8-19)27-12-11-21(14-27)26-24(28)20-9-6-10-23(13-20)29-15-22-16-30-18(2)25-22/h3-10,13,16-17,21H,11-12,14-15H2,1-2H3,(H,26,28). The minimum Gasteiger partial charge on any atom is -0.487 e. The molecule has 2 unspecified atom stereocenters. The number of likely N-dealkylation sites (tertiary alicyclic amines) is 1. The minimum atomic E-state index is -0.0517. The number of benzene rings is 2. The van der Waals surface area contributed by atoms with Gasteiger partial charge in [-0.15, -0.1) is 11.3 Å². The van der Waals surface area contributed by atoms with Crippen LogP contribution in [0.1, 0.15) is 46.0 Å². The second kappa shape index (κ2) is 9.41. The van der Waals surface area contributed by atoms with Crippen molar-refractivity contribution in [3.8, 4) is 5.75 Å². The Morgan fingerprint density at radius 2 is 2.10 bits per heavy atom. The van der Waals surface area contributed by atoms with Gasteiger partial charge in [0.15, 0.2) is 0 Å². The maximum Gasteiger partial charge on any atom is 0.251 e. The normalized spacial score (nSPS) is 17.6. The molecule has 1 N–H and O–H groups in total. The van der Waals surface area contributed by atoms with Gasteiger partial charge in [0.2, 0.25) is 0 Å². The molecule has 2 atom stereocenters. The molecule has 156 valence electrons. The number of nitrogens with zero attached hydrogens (tertiary/aromatic N) is 2. The molecule has 0 aliphatic carbocycles. The van der Waals surface area contributed by atoms with E-state index in [-0.39, 0.29) is 11.9 Å². The topological polar surface area (TPSA) is 54.5 Å². The lowest BCUT2D eigenvalue weighted by molar-refractivity contribution is 0.0936. The first-order valence-corrected chi connectivity index (χ1v) is 11.2. The number of aromatic nitrogens is 1. The molecule has 6 heteroatoms. The molecule has 0 saturated carbocycles. The molecule has 5 nitrogen and oxygen atoms in total. The predicted molar refractivity (Wildman–Crippen MR) is 120 cm³/mol. The Kier molecular flexibility index (Phi) is 6.45. The molecule has 1 amide bonds. The number of hydrogen-bond acceptors (Lipinski definition) is 5. The maximum absolute atomic E-state index is 12.8. The number of aryl methyl sites for hydroxylation is 1. The van der Waals surface area contributed by atoms with Gasteiger partial charge in [-0.25, -0.2) is 4.98 Å². The van der Waals surface area contributed by atoms with Gasteiger partial charge in [0.05, 0.1) is 10.7 Å². The molecular formula is C24H27N3O2S. The summed E-state index contributed by atoms with van der Waals surface area (Å²) < 4.78 is 5.82. The van der Waals surface area contributed by atoms with Gasteiger partial charge < -0.3 is 10.1 Å². The van der Waals surface area contributed by atoms with Crippen LogP contribution in [0.4, 0.5) is 0 Å². The number of thiazole rings is 1. The van der Waals surface area contributed by atoms with Gasteiger partial charge in [0, 0.05) is 36.1 Å². The molecule has 0 bridgehead atoms. The summed E-state index contributed by atoms with van der Waals surface area (Å²) in [6.45, 7) is 6.46. The van der Waals surface area contributed by atoms with Gasteiger partial charge in [-0.3, -0.25) is 9.69 Å². The quantitative estimate of drug-likeness (QED) is 0.606. The van der Waals surface area contributed by atoms with E-state index in [2.05, 4.69) is 46.4 Å². The van der Waals surface area contributed by atoms with Gasteiger partial charge >= 0.3 is 0 Å². The lowest BCUT2D eigenvalue weighted by Gasteiger charge is -2.24. The molecule has 30 heavy (non-hydrogen) atoms. The summed E-state index contributed by atoms with van der Waals surface area (Å²) in [5.41, 5.74) is 2.84. The van der Waals surface area contributed by atoms with E-state index in [1.165, 1.54) is 5.56 Å². The van der Waals surface area contributed by atoms with E-state index in [9.17, 15) is 4.79 Å². The molecule has 0 spiro atoms. The van der Waals surface area contributed by atoms with Crippen molar-refractivity contribution in [1.29, 1.82) is 0 Å². The third kappa shape index (κ3) is 5.07. The van der Waals surface area contributed by atoms with Gasteiger partial charge in [-0.1, -0.05) is 36.4 Å². The zero-order valence-corrected chi connectivity index (χ0v) is 18.2. The fraction of sp³-hybridized carbons (Fsp3) is 0.333. The van der Waals surface area contributed by atoms with Crippen LogP contribution in [0.15, 0.2) is 60.0 Å². The van der Waals surface area contributed by atoms with Crippen LogP contribution in [-0.2, 0) is 6.61 Å². The van der Waals surface area contributed by atoms with Crippen LogP contribution >= 0.6 is 11.3 Å². The Bertz CT molecular complexity index is 989. The Balaban J connectivity index is 1.32. The Morgan fingerprint density at radius 3 is 2.87 bits per heavy atom. The van der Waals surface area contributed by atoms with Crippen LogP contribution < -0.4 is 10.1 Å². The third-order valence-electron chi connectivity index (χ3n) is 5.53. The number of amides is 1. The Morgan fingerprint density at radius 1 is 1.27 bits per heavy atom. The lowest BCUT2D eigenvalue weighted by atomic mass is 10.1. The fourth-order valence-corrected chi connectivity index (χ4v) is 4.42. The number of carbonyl (C=O) groups excluding carboxylic acids is 1. The molecule has 1 fully saturated rings. The summed E-state index contributed by atoms with van der Waals surface area (Å²) in [6, 6.07) is 18.4. The molecule has 1 aromatic heterocycles.